The van der Waals surface area contributed by atoms with E-state index in [1.807, 2.05) is 0 Å². The van der Waals surface area contributed by atoms with E-state index in [9.17, 15) is 9.18 Å². The Morgan fingerprint density at radius 2 is 2.35 bits per heavy atom. The smallest absolute Gasteiger partial charge is 0.256 e. The average Bonchev–Trinajstić information content (AvgIpc) is 2.80. The molecule has 92 valence electrons. The summed E-state index contributed by atoms with van der Waals surface area (Å²) in [6, 6.07) is 4.39. The van der Waals surface area contributed by atoms with Crippen LogP contribution in [0.4, 0.5) is 4.39 Å². The van der Waals surface area contributed by atoms with Crippen LogP contribution in [0, 0.1) is 11.7 Å². The number of hydrogen-bond donors (Lipinski definition) is 1. The molecular weight excluding hydrogens is 245 g/mol. The number of carbonyl (C=O) groups is 1. The second kappa shape index (κ2) is 5.02. The highest BCUT2D eigenvalue weighted by Gasteiger charge is 2.28. The highest BCUT2D eigenvalue weighted by molar-refractivity contribution is 6.31. The van der Waals surface area contributed by atoms with Crippen molar-refractivity contribution < 1.29 is 14.3 Å². The molecule has 1 N–H and O–H groups in total. The Kier molecular flexibility index (Phi) is 3.64. The molecule has 1 fully saturated rings. The maximum Gasteiger partial charge on any atom is 0.256 e. The zero-order valence-corrected chi connectivity index (χ0v) is 9.95. The first-order valence-corrected chi connectivity index (χ1v) is 5.85. The Hall–Kier alpha value is -1.13. The third-order valence-electron chi connectivity index (χ3n) is 3.01. The van der Waals surface area contributed by atoms with Crippen LogP contribution in [0.2, 0.25) is 5.02 Å². The number of likely N-dealkylation sites (tertiary alicyclic amines) is 1. The van der Waals surface area contributed by atoms with Crippen LogP contribution >= 0.6 is 11.6 Å². The quantitative estimate of drug-likeness (QED) is 0.880. The van der Waals surface area contributed by atoms with Crippen LogP contribution in [0.1, 0.15) is 16.8 Å². The molecule has 1 aromatic rings. The molecule has 2 rings (SSSR count). The first-order chi connectivity index (χ1) is 8.13. The van der Waals surface area contributed by atoms with Crippen molar-refractivity contribution in [1.29, 1.82) is 0 Å². The first-order valence-electron chi connectivity index (χ1n) is 5.47. The molecular formula is C12H13ClFNO2. The number of amides is 1. The average molecular weight is 258 g/mol. The highest BCUT2D eigenvalue weighted by atomic mass is 35.5. The monoisotopic (exact) mass is 257 g/mol. The minimum absolute atomic E-state index is 0.00362. The molecule has 5 heteroatoms. The van der Waals surface area contributed by atoms with Crippen molar-refractivity contribution in [2.24, 2.45) is 5.92 Å². The SMILES string of the molecule is O=C(c1cccc(Cl)c1F)N1CCC(CO)C1. The molecule has 0 aliphatic carbocycles. The number of nitrogens with zero attached hydrogens (tertiary/aromatic N) is 1. The standard InChI is InChI=1S/C12H13ClFNO2/c13-10-3-1-2-9(11(10)14)12(17)15-5-4-8(6-15)7-16/h1-3,8,16H,4-7H2. The maximum absolute atomic E-state index is 13.7. The number of rotatable bonds is 2. The normalized spacial score (nSPS) is 19.7. The van der Waals surface area contributed by atoms with Gasteiger partial charge in [0, 0.05) is 25.6 Å². The molecule has 0 spiro atoms. The fourth-order valence-electron chi connectivity index (χ4n) is 2.01. The lowest BCUT2D eigenvalue weighted by molar-refractivity contribution is 0.0777. The molecule has 1 aromatic carbocycles. The van der Waals surface area contributed by atoms with Crippen LogP contribution in [0.3, 0.4) is 0 Å². The summed E-state index contributed by atoms with van der Waals surface area (Å²) in [5.74, 6) is -0.936. The minimum atomic E-state index is -0.674. The van der Waals surface area contributed by atoms with Gasteiger partial charge in [-0.15, -0.1) is 0 Å². The van der Waals surface area contributed by atoms with Crippen LogP contribution in [-0.4, -0.2) is 35.6 Å². The van der Waals surface area contributed by atoms with Crippen molar-refractivity contribution in [3.05, 3.63) is 34.6 Å². The fourth-order valence-corrected chi connectivity index (χ4v) is 2.18. The van der Waals surface area contributed by atoms with Crippen molar-refractivity contribution in [2.75, 3.05) is 19.7 Å². The van der Waals surface area contributed by atoms with Gasteiger partial charge in [-0.2, -0.15) is 0 Å². The number of halogens is 2. The molecule has 1 aliphatic heterocycles. The first kappa shape index (κ1) is 12.3. The summed E-state index contributed by atoms with van der Waals surface area (Å²) < 4.78 is 13.7. The molecule has 1 atom stereocenters. The third kappa shape index (κ3) is 2.42. The zero-order chi connectivity index (χ0) is 12.4. The van der Waals surface area contributed by atoms with Gasteiger partial charge in [-0.25, -0.2) is 4.39 Å². The van der Waals surface area contributed by atoms with E-state index in [2.05, 4.69) is 0 Å². The van der Waals surface area contributed by atoms with E-state index in [1.165, 1.54) is 12.1 Å². The van der Waals surface area contributed by atoms with Crippen LogP contribution in [-0.2, 0) is 0 Å². The lowest BCUT2D eigenvalue weighted by atomic mass is 10.1. The van der Waals surface area contributed by atoms with Gasteiger partial charge in [-0.1, -0.05) is 17.7 Å². The number of aliphatic hydroxyl groups excluding tert-OH is 1. The van der Waals surface area contributed by atoms with Gasteiger partial charge >= 0.3 is 0 Å². The highest BCUT2D eigenvalue weighted by Crippen LogP contribution is 2.22. The molecule has 1 saturated heterocycles. The Bertz CT molecular complexity index is 439. The summed E-state index contributed by atoms with van der Waals surface area (Å²) in [6.45, 7) is 1.08. The van der Waals surface area contributed by atoms with Crippen molar-refractivity contribution in [3.8, 4) is 0 Å². The van der Waals surface area contributed by atoms with Crippen molar-refractivity contribution in [2.45, 2.75) is 6.42 Å². The summed E-state index contributed by atoms with van der Waals surface area (Å²) in [5.41, 5.74) is -0.00362. The topological polar surface area (TPSA) is 40.5 Å². The number of aliphatic hydroxyl groups is 1. The molecule has 17 heavy (non-hydrogen) atoms. The zero-order valence-electron chi connectivity index (χ0n) is 9.20. The summed E-state index contributed by atoms with van der Waals surface area (Å²) in [5, 5.41) is 8.95. The second-order valence-corrected chi connectivity index (χ2v) is 4.60. The molecule has 1 heterocycles. The van der Waals surface area contributed by atoms with Gasteiger partial charge in [0.2, 0.25) is 0 Å². The largest absolute Gasteiger partial charge is 0.396 e. The van der Waals surface area contributed by atoms with Crippen LogP contribution < -0.4 is 0 Å². The fraction of sp³-hybridized carbons (Fsp3) is 0.417. The van der Waals surface area contributed by atoms with Gasteiger partial charge in [0.15, 0.2) is 5.82 Å². The second-order valence-electron chi connectivity index (χ2n) is 4.19. The van der Waals surface area contributed by atoms with Crippen molar-refractivity contribution in [1.82, 2.24) is 4.90 Å². The lowest BCUT2D eigenvalue weighted by Gasteiger charge is -2.16. The summed E-state index contributed by atoms with van der Waals surface area (Å²) in [6.07, 6.45) is 0.754. The van der Waals surface area contributed by atoms with E-state index in [-0.39, 0.29) is 29.0 Å². The molecule has 0 bridgehead atoms. The molecule has 1 unspecified atom stereocenters. The summed E-state index contributed by atoms with van der Waals surface area (Å²) >= 11 is 5.63. The van der Waals surface area contributed by atoms with Crippen LogP contribution in [0.25, 0.3) is 0 Å². The van der Waals surface area contributed by atoms with E-state index < -0.39 is 5.82 Å². The molecule has 0 aromatic heterocycles. The van der Waals surface area contributed by atoms with E-state index in [0.717, 1.165) is 6.42 Å². The number of benzene rings is 1. The third-order valence-corrected chi connectivity index (χ3v) is 3.31. The van der Waals surface area contributed by atoms with Crippen molar-refractivity contribution >= 4 is 17.5 Å². The molecule has 3 nitrogen and oxygen atoms in total. The van der Waals surface area contributed by atoms with Crippen molar-refractivity contribution in [3.63, 3.8) is 0 Å². The van der Waals surface area contributed by atoms with E-state index in [1.54, 1.807) is 11.0 Å². The molecule has 1 amide bonds. The summed E-state index contributed by atoms with van der Waals surface area (Å²) in [4.78, 5) is 13.6. The van der Waals surface area contributed by atoms with Gasteiger partial charge in [-0.3, -0.25) is 4.79 Å². The van der Waals surface area contributed by atoms with Gasteiger partial charge in [-0.05, 0) is 18.6 Å². The van der Waals surface area contributed by atoms with E-state index in [4.69, 9.17) is 16.7 Å². The van der Waals surface area contributed by atoms with Crippen LogP contribution in [0.5, 0.6) is 0 Å². The lowest BCUT2D eigenvalue weighted by Crippen LogP contribution is -2.29. The Labute approximate surface area is 104 Å². The molecule has 1 aliphatic rings. The Balaban J connectivity index is 2.18. The molecule has 0 saturated carbocycles. The number of carbonyl (C=O) groups excluding carboxylic acids is 1. The van der Waals surface area contributed by atoms with E-state index >= 15 is 0 Å². The summed E-state index contributed by atoms with van der Waals surface area (Å²) in [7, 11) is 0. The van der Waals surface area contributed by atoms with Gasteiger partial charge < -0.3 is 10.0 Å². The number of hydrogen-bond acceptors (Lipinski definition) is 2. The van der Waals surface area contributed by atoms with Gasteiger partial charge in [0.1, 0.15) is 0 Å². The van der Waals surface area contributed by atoms with Gasteiger partial charge in [0.05, 0.1) is 10.6 Å². The van der Waals surface area contributed by atoms with Gasteiger partial charge in [0.25, 0.3) is 5.91 Å². The predicted octanol–water partition coefficient (Wildman–Crippen LogP) is 1.93. The van der Waals surface area contributed by atoms with Crippen LogP contribution in [0.15, 0.2) is 18.2 Å². The Morgan fingerprint density at radius 3 is 3.00 bits per heavy atom. The maximum atomic E-state index is 13.7. The molecule has 0 radical (unpaired) electrons. The minimum Gasteiger partial charge on any atom is -0.396 e. The predicted molar refractivity (Wildman–Crippen MR) is 62.5 cm³/mol. The Morgan fingerprint density at radius 1 is 1.59 bits per heavy atom. The van der Waals surface area contributed by atoms with E-state index in [0.29, 0.717) is 13.1 Å².